The normalized spacial score (nSPS) is 12.0. The maximum absolute atomic E-state index is 5.96. The average Bonchev–Trinajstić information content (AvgIpc) is 2.82. The van der Waals surface area contributed by atoms with Gasteiger partial charge in [-0.25, -0.2) is 0 Å². The Morgan fingerprint density at radius 1 is 1.41 bits per heavy atom. The van der Waals surface area contributed by atoms with Crippen LogP contribution >= 0.6 is 0 Å². The molecule has 17 heavy (non-hydrogen) atoms. The summed E-state index contributed by atoms with van der Waals surface area (Å²) < 4.78 is 3.68. The zero-order chi connectivity index (χ0) is 12.5. The minimum atomic E-state index is -0.440. The van der Waals surface area contributed by atoms with Crippen molar-refractivity contribution >= 4 is 0 Å². The standard InChI is InChI=1S/C11H18N6/c1-11(2,12)10-8-17(15-14-10)7-5-9-4-6-13-16(9)3/h4,6,8H,5,7,12H2,1-3H3. The summed E-state index contributed by atoms with van der Waals surface area (Å²) in [6.07, 6.45) is 4.58. The van der Waals surface area contributed by atoms with Crippen molar-refractivity contribution in [1.82, 2.24) is 24.8 Å². The molecule has 2 heterocycles. The summed E-state index contributed by atoms with van der Waals surface area (Å²) in [7, 11) is 1.94. The Bertz CT molecular complexity index is 490. The second-order valence-corrected chi connectivity index (χ2v) is 4.78. The van der Waals surface area contributed by atoms with Crippen molar-refractivity contribution in [3.05, 3.63) is 29.8 Å². The number of hydrogen-bond donors (Lipinski definition) is 1. The van der Waals surface area contributed by atoms with Crippen LogP contribution in [0, 0.1) is 0 Å². The number of nitrogens with zero attached hydrogens (tertiary/aromatic N) is 5. The van der Waals surface area contributed by atoms with Crippen LogP contribution in [0.5, 0.6) is 0 Å². The van der Waals surface area contributed by atoms with Gasteiger partial charge >= 0.3 is 0 Å². The van der Waals surface area contributed by atoms with Crippen LogP contribution in [0.3, 0.4) is 0 Å². The van der Waals surface area contributed by atoms with E-state index in [-0.39, 0.29) is 0 Å². The van der Waals surface area contributed by atoms with Gasteiger partial charge in [-0.2, -0.15) is 5.10 Å². The monoisotopic (exact) mass is 234 g/mol. The highest BCUT2D eigenvalue weighted by Gasteiger charge is 2.18. The summed E-state index contributed by atoms with van der Waals surface area (Å²) in [5, 5.41) is 12.3. The average molecular weight is 234 g/mol. The highest BCUT2D eigenvalue weighted by Crippen LogP contribution is 2.12. The van der Waals surface area contributed by atoms with Crippen molar-refractivity contribution in [2.75, 3.05) is 0 Å². The van der Waals surface area contributed by atoms with Crippen LogP contribution < -0.4 is 5.73 Å². The molecule has 0 saturated carbocycles. The SMILES string of the molecule is Cn1nccc1CCn1cc(C(C)(C)N)nn1. The third-order valence-corrected chi connectivity index (χ3v) is 2.72. The van der Waals surface area contributed by atoms with Gasteiger partial charge in [0.25, 0.3) is 0 Å². The fourth-order valence-corrected chi connectivity index (χ4v) is 1.58. The zero-order valence-electron chi connectivity index (χ0n) is 10.5. The minimum Gasteiger partial charge on any atom is -0.320 e. The van der Waals surface area contributed by atoms with Gasteiger partial charge in [0.1, 0.15) is 5.69 Å². The van der Waals surface area contributed by atoms with E-state index in [0.29, 0.717) is 0 Å². The molecule has 6 heteroatoms. The van der Waals surface area contributed by atoms with E-state index in [0.717, 1.165) is 18.7 Å². The van der Waals surface area contributed by atoms with Crippen molar-refractivity contribution in [2.45, 2.75) is 32.4 Å². The van der Waals surface area contributed by atoms with Crippen LogP contribution in [0.15, 0.2) is 18.5 Å². The predicted octanol–water partition coefficient (Wildman–Crippen LogP) is 0.448. The van der Waals surface area contributed by atoms with Gasteiger partial charge in [0.15, 0.2) is 0 Å². The Morgan fingerprint density at radius 3 is 2.71 bits per heavy atom. The molecule has 0 saturated heterocycles. The molecular weight excluding hydrogens is 216 g/mol. The highest BCUT2D eigenvalue weighted by molar-refractivity contribution is 5.06. The van der Waals surface area contributed by atoms with E-state index >= 15 is 0 Å². The first kappa shape index (κ1) is 11.8. The topological polar surface area (TPSA) is 74.5 Å². The Balaban J connectivity index is 2.01. The number of hydrogen-bond acceptors (Lipinski definition) is 4. The summed E-state index contributed by atoms with van der Waals surface area (Å²) in [6.45, 7) is 4.62. The summed E-state index contributed by atoms with van der Waals surface area (Å²) in [5.41, 5.74) is 7.50. The largest absolute Gasteiger partial charge is 0.320 e. The van der Waals surface area contributed by atoms with E-state index < -0.39 is 5.54 Å². The van der Waals surface area contributed by atoms with Crippen LogP contribution in [0.1, 0.15) is 25.2 Å². The lowest BCUT2D eigenvalue weighted by Gasteiger charge is -2.13. The highest BCUT2D eigenvalue weighted by atomic mass is 15.4. The lowest BCUT2D eigenvalue weighted by atomic mass is 10.0. The molecule has 0 aliphatic rings. The molecule has 0 amide bonds. The minimum absolute atomic E-state index is 0.440. The van der Waals surface area contributed by atoms with E-state index in [4.69, 9.17) is 5.73 Å². The first-order valence-corrected chi connectivity index (χ1v) is 5.63. The number of rotatable bonds is 4. The lowest BCUT2D eigenvalue weighted by Crippen LogP contribution is -2.29. The molecule has 0 bridgehead atoms. The Hall–Kier alpha value is -1.69. The molecule has 0 aliphatic carbocycles. The van der Waals surface area contributed by atoms with Crippen LogP contribution in [0.4, 0.5) is 0 Å². The van der Waals surface area contributed by atoms with Crippen molar-refractivity contribution < 1.29 is 0 Å². The quantitative estimate of drug-likeness (QED) is 0.833. The Labute approximate surface area is 100 Å². The number of nitrogens with two attached hydrogens (primary N) is 1. The van der Waals surface area contributed by atoms with E-state index in [2.05, 4.69) is 15.4 Å². The fraction of sp³-hybridized carbons (Fsp3) is 0.545. The summed E-state index contributed by atoms with van der Waals surface area (Å²) in [5.74, 6) is 0. The molecule has 2 N–H and O–H groups in total. The van der Waals surface area contributed by atoms with E-state index in [9.17, 15) is 0 Å². The van der Waals surface area contributed by atoms with E-state index in [1.54, 1.807) is 6.20 Å². The second kappa shape index (κ2) is 4.29. The number of aryl methyl sites for hydroxylation is 3. The van der Waals surface area contributed by atoms with Gasteiger partial charge in [0.2, 0.25) is 0 Å². The van der Waals surface area contributed by atoms with Crippen LogP contribution in [0.2, 0.25) is 0 Å². The summed E-state index contributed by atoms with van der Waals surface area (Å²) in [6, 6.07) is 2.00. The van der Waals surface area contributed by atoms with Gasteiger partial charge in [-0.05, 0) is 19.9 Å². The molecule has 2 aromatic heterocycles. The van der Waals surface area contributed by atoms with Crippen molar-refractivity contribution in [3.63, 3.8) is 0 Å². The first-order valence-electron chi connectivity index (χ1n) is 5.63. The molecule has 2 aromatic rings. The van der Waals surface area contributed by atoms with Crippen molar-refractivity contribution in [3.8, 4) is 0 Å². The van der Waals surface area contributed by atoms with Crippen molar-refractivity contribution in [2.24, 2.45) is 12.8 Å². The van der Waals surface area contributed by atoms with Crippen LogP contribution in [0.25, 0.3) is 0 Å². The van der Waals surface area contributed by atoms with Crippen molar-refractivity contribution in [1.29, 1.82) is 0 Å². The fourth-order valence-electron chi connectivity index (χ4n) is 1.58. The van der Waals surface area contributed by atoms with Gasteiger partial charge in [0.05, 0.1) is 11.7 Å². The molecule has 0 spiro atoms. The Morgan fingerprint density at radius 2 is 2.18 bits per heavy atom. The summed E-state index contributed by atoms with van der Waals surface area (Å²) in [4.78, 5) is 0. The van der Waals surface area contributed by atoms with Crippen LogP contribution in [-0.4, -0.2) is 24.8 Å². The molecule has 0 unspecified atom stereocenters. The van der Waals surface area contributed by atoms with E-state index in [1.165, 1.54) is 5.69 Å². The van der Waals surface area contributed by atoms with Gasteiger partial charge in [-0.3, -0.25) is 9.36 Å². The van der Waals surface area contributed by atoms with E-state index in [1.807, 2.05) is 42.5 Å². The summed E-state index contributed by atoms with van der Waals surface area (Å²) >= 11 is 0. The molecule has 0 radical (unpaired) electrons. The zero-order valence-corrected chi connectivity index (χ0v) is 10.5. The maximum Gasteiger partial charge on any atom is 0.102 e. The Kier molecular flexibility index (Phi) is 2.97. The van der Waals surface area contributed by atoms with Crippen LogP contribution in [-0.2, 0) is 25.6 Å². The molecule has 6 nitrogen and oxygen atoms in total. The molecule has 0 atom stereocenters. The third-order valence-electron chi connectivity index (χ3n) is 2.72. The molecule has 2 rings (SSSR count). The second-order valence-electron chi connectivity index (χ2n) is 4.78. The number of aromatic nitrogens is 5. The maximum atomic E-state index is 5.96. The smallest absolute Gasteiger partial charge is 0.102 e. The molecule has 0 aliphatic heterocycles. The van der Waals surface area contributed by atoms with Gasteiger partial charge in [0, 0.05) is 31.9 Å². The third kappa shape index (κ3) is 2.71. The lowest BCUT2D eigenvalue weighted by molar-refractivity contribution is 0.533. The predicted molar refractivity (Wildman–Crippen MR) is 64.1 cm³/mol. The first-order chi connectivity index (χ1) is 7.97. The van der Waals surface area contributed by atoms with Gasteiger partial charge in [-0.15, -0.1) is 5.10 Å². The van der Waals surface area contributed by atoms with Gasteiger partial charge in [-0.1, -0.05) is 5.21 Å². The van der Waals surface area contributed by atoms with Gasteiger partial charge < -0.3 is 5.73 Å². The molecule has 0 aromatic carbocycles. The molecule has 92 valence electrons. The molecule has 0 fully saturated rings. The molecular formula is C11H18N6.